The van der Waals surface area contributed by atoms with Crippen molar-refractivity contribution in [2.75, 3.05) is 12.4 Å². The van der Waals surface area contributed by atoms with E-state index in [1.165, 1.54) is 24.3 Å². The number of nitrogens with one attached hydrogen (secondary N) is 1. The Kier molecular flexibility index (Phi) is 5.84. The van der Waals surface area contributed by atoms with Crippen molar-refractivity contribution in [3.05, 3.63) is 94.3 Å². The molecule has 0 aliphatic rings. The molecule has 0 aliphatic heterocycles. The van der Waals surface area contributed by atoms with Gasteiger partial charge < -0.3 is 10.1 Å². The van der Waals surface area contributed by atoms with E-state index < -0.39 is 10.8 Å². The summed E-state index contributed by atoms with van der Waals surface area (Å²) >= 11 is 0. The predicted octanol–water partition coefficient (Wildman–Crippen LogP) is 3.56. The number of aromatic nitrogens is 4. The van der Waals surface area contributed by atoms with Gasteiger partial charge in [-0.3, -0.25) is 19.9 Å². The molecule has 160 valence electrons. The standard InChI is InChI=1S/C22H18N6O4/c1-32-19-9-7-15(8-10-19)13-24-22-25-20(17-5-3-11-23-14-17)26-27(22)21(29)16-4-2-6-18(12-16)28(30)31/h2-12,14H,13H2,1H3,(H,24,25,26). The molecule has 0 aliphatic carbocycles. The largest absolute Gasteiger partial charge is 0.497 e. The van der Waals surface area contributed by atoms with E-state index in [1.54, 1.807) is 31.6 Å². The molecule has 0 saturated carbocycles. The highest BCUT2D eigenvalue weighted by atomic mass is 16.6. The number of ether oxygens (including phenoxy) is 1. The Morgan fingerprint density at radius 2 is 1.97 bits per heavy atom. The third-order valence-electron chi connectivity index (χ3n) is 4.63. The van der Waals surface area contributed by atoms with Crippen LogP contribution in [0, 0.1) is 10.1 Å². The summed E-state index contributed by atoms with van der Waals surface area (Å²) in [4.78, 5) is 32.2. The molecule has 0 unspecified atom stereocenters. The summed E-state index contributed by atoms with van der Waals surface area (Å²) in [5.41, 5.74) is 1.50. The summed E-state index contributed by atoms with van der Waals surface area (Å²) in [7, 11) is 1.59. The number of pyridine rings is 1. The minimum Gasteiger partial charge on any atom is -0.497 e. The molecule has 0 radical (unpaired) electrons. The van der Waals surface area contributed by atoms with Crippen LogP contribution in [0.15, 0.2) is 73.1 Å². The molecular weight excluding hydrogens is 412 g/mol. The van der Waals surface area contributed by atoms with Crippen molar-refractivity contribution in [2.45, 2.75) is 6.54 Å². The molecule has 0 spiro atoms. The van der Waals surface area contributed by atoms with Gasteiger partial charge in [0.05, 0.1) is 12.0 Å². The summed E-state index contributed by atoms with van der Waals surface area (Å²) in [6.07, 6.45) is 3.21. The maximum absolute atomic E-state index is 13.1. The van der Waals surface area contributed by atoms with Crippen molar-refractivity contribution >= 4 is 17.5 Å². The number of hydrogen-bond acceptors (Lipinski definition) is 8. The second kappa shape index (κ2) is 9.04. The van der Waals surface area contributed by atoms with E-state index in [0.29, 0.717) is 17.9 Å². The number of non-ortho nitro benzene ring substituents is 1. The Bertz CT molecular complexity index is 1260. The number of anilines is 1. The zero-order chi connectivity index (χ0) is 22.5. The van der Waals surface area contributed by atoms with Crippen LogP contribution in [-0.2, 0) is 6.54 Å². The van der Waals surface area contributed by atoms with Gasteiger partial charge in [-0.15, -0.1) is 5.10 Å². The molecular formula is C22H18N6O4. The lowest BCUT2D eigenvalue weighted by atomic mass is 10.2. The SMILES string of the molecule is COc1ccc(CNc2nc(-c3cccnc3)nn2C(=O)c2cccc([N+](=O)[O-])c2)cc1. The molecule has 2 aromatic carbocycles. The summed E-state index contributed by atoms with van der Waals surface area (Å²) in [5, 5.41) is 18.6. The van der Waals surface area contributed by atoms with Crippen molar-refractivity contribution in [3.63, 3.8) is 0 Å². The fourth-order valence-electron chi connectivity index (χ4n) is 2.98. The zero-order valence-corrected chi connectivity index (χ0v) is 17.0. The van der Waals surface area contributed by atoms with Gasteiger partial charge in [0.25, 0.3) is 11.6 Å². The molecule has 0 bridgehead atoms. The maximum atomic E-state index is 13.1. The lowest BCUT2D eigenvalue weighted by Crippen LogP contribution is -2.17. The first-order valence-electron chi connectivity index (χ1n) is 9.58. The average Bonchev–Trinajstić information content (AvgIpc) is 3.27. The Balaban J connectivity index is 1.67. The van der Waals surface area contributed by atoms with E-state index in [2.05, 4.69) is 20.4 Å². The maximum Gasteiger partial charge on any atom is 0.281 e. The Morgan fingerprint density at radius 3 is 2.66 bits per heavy atom. The van der Waals surface area contributed by atoms with E-state index in [4.69, 9.17) is 4.74 Å². The summed E-state index contributed by atoms with van der Waals surface area (Å²) in [6, 6.07) is 16.4. The number of benzene rings is 2. The average molecular weight is 430 g/mol. The van der Waals surface area contributed by atoms with E-state index >= 15 is 0 Å². The lowest BCUT2D eigenvalue weighted by molar-refractivity contribution is -0.384. The van der Waals surface area contributed by atoms with Crippen molar-refractivity contribution in [2.24, 2.45) is 0 Å². The smallest absolute Gasteiger partial charge is 0.281 e. The van der Waals surface area contributed by atoms with Crippen molar-refractivity contribution in [1.82, 2.24) is 19.7 Å². The number of nitrogens with zero attached hydrogens (tertiary/aromatic N) is 5. The minimum absolute atomic E-state index is 0.120. The van der Waals surface area contributed by atoms with Gasteiger partial charge in [0, 0.05) is 42.2 Å². The quantitative estimate of drug-likeness (QED) is 0.348. The van der Waals surface area contributed by atoms with Gasteiger partial charge in [-0.1, -0.05) is 18.2 Å². The number of carbonyl (C=O) groups excluding carboxylic acids is 1. The van der Waals surface area contributed by atoms with Gasteiger partial charge in [-0.25, -0.2) is 0 Å². The molecule has 4 aromatic rings. The van der Waals surface area contributed by atoms with Crippen LogP contribution in [0.4, 0.5) is 11.6 Å². The molecule has 2 heterocycles. The number of hydrogen-bond donors (Lipinski definition) is 1. The number of nitro benzene ring substituents is 1. The van der Waals surface area contributed by atoms with Crippen molar-refractivity contribution in [1.29, 1.82) is 0 Å². The van der Waals surface area contributed by atoms with Crippen LogP contribution in [-0.4, -0.2) is 37.7 Å². The summed E-state index contributed by atoms with van der Waals surface area (Å²) in [6.45, 7) is 0.372. The highest BCUT2D eigenvalue weighted by molar-refractivity contribution is 5.97. The molecule has 10 nitrogen and oxygen atoms in total. The van der Waals surface area contributed by atoms with Gasteiger partial charge in [0.2, 0.25) is 5.95 Å². The van der Waals surface area contributed by atoms with Crippen molar-refractivity contribution in [3.8, 4) is 17.1 Å². The van der Waals surface area contributed by atoms with Crippen LogP contribution in [0.5, 0.6) is 5.75 Å². The van der Waals surface area contributed by atoms with Gasteiger partial charge in [-0.2, -0.15) is 9.67 Å². The summed E-state index contributed by atoms with van der Waals surface area (Å²) < 4.78 is 6.27. The molecule has 10 heteroatoms. The Morgan fingerprint density at radius 1 is 1.16 bits per heavy atom. The van der Waals surface area contributed by atoms with Crippen LogP contribution in [0.3, 0.4) is 0 Å². The minimum atomic E-state index is -0.554. The highest BCUT2D eigenvalue weighted by Crippen LogP contribution is 2.21. The van der Waals surface area contributed by atoms with Gasteiger partial charge >= 0.3 is 0 Å². The van der Waals surface area contributed by atoms with E-state index in [9.17, 15) is 14.9 Å². The van der Waals surface area contributed by atoms with Crippen LogP contribution in [0.25, 0.3) is 11.4 Å². The third kappa shape index (κ3) is 4.43. The van der Waals surface area contributed by atoms with Gasteiger partial charge in [-0.05, 0) is 35.9 Å². The second-order valence-corrected chi connectivity index (χ2v) is 6.73. The van der Waals surface area contributed by atoms with Gasteiger partial charge in [0.15, 0.2) is 5.82 Å². The van der Waals surface area contributed by atoms with E-state index in [1.807, 2.05) is 24.3 Å². The predicted molar refractivity (Wildman–Crippen MR) is 116 cm³/mol. The van der Waals surface area contributed by atoms with Crippen molar-refractivity contribution < 1.29 is 14.5 Å². The fraction of sp³-hybridized carbons (Fsp3) is 0.0909. The highest BCUT2D eigenvalue weighted by Gasteiger charge is 2.20. The zero-order valence-electron chi connectivity index (χ0n) is 17.0. The third-order valence-corrected chi connectivity index (χ3v) is 4.63. The molecule has 32 heavy (non-hydrogen) atoms. The molecule has 1 N–H and O–H groups in total. The van der Waals surface area contributed by atoms with Crippen LogP contribution < -0.4 is 10.1 Å². The number of rotatable bonds is 7. The first-order chi connectivity index (χ1) is 15.5. The van der Waals surface area contributed by atoms with Crippen LogP contribution in [0.1, 0.15) is 15.9 Å². The Labute approximate surface area is 182 Å². The summed E-state index contributed by atoms with van der Waals surface area (Å²) in [5.74, 6) is 0.690. The van der Waals surface area contributed by atoms with E-state index in [0.717, 1.165) is 16.0 Å². The van der Waals surface area contributed by atoms with Crippen LogP contribution in [0.2, 0.25) is 0 Å². The fourth-order valence-corrected chi connectivity index (χ4v) is 2.98. The Hall–Kier alpha value is -4.60. The monoisotopic (exact) mass is 430 g/mol. The first-order valence-corrected chi connectivity index (χ1v) is 9.58. The first kappa shape index (κ1) is 20.7. The molecule has 0 amide bonds. The number of methoxy groups -OCH3 is 1. The molecule has 4 rings (SSSR count). The molecule has 0 fully saturated rings. The molecule has 2 aromatic heterocycles. The van der Waals surface area contributed by atoms with E-state index in [-0.39, 0.29) is 17.2 Å². The topological polar surface area (TPSA) is 125 Å². The lowest BCUT2D eigenvalue weighted by Gasteiger charge is -2.08. The molecule has 0 atom stereocenters. The van der Waals surface area contributed by atoms with Crippen LogP contribution >= 0.6 is 0 Å². The number of nitro groups is 1. The van der Waals surface area contributed by atoms with Gasteiger partial charge in [0.1, 0.15) is 5.75 Å². The normalized spacial score (nSPS) is 10.5. The second-order valence-electron chi connectivity index (χ2n) is 6.73. The number of carbonyl (C=O) groups is 1. The molecule has 0 saturated heterocycles.